The lowest BCUT2D eigenvalue weighted by Crippen LogP contribution is -2.54. The summed E-state index contributed by atoms with van der Waals surface area (Å²) in [5, 5.41) is 7.68. The number of carbonyl (C=O) groups is 3. The Kier molecular flexibility index (Phi) is 4.01. The van der Waals surface area contributed by atoms with Crippen LogP contribution in [0.15, 0.2) is 41.8 Å². The normalized spacial score (nSPS) is 22.5. The number of hydrogen-bond acceptors (Lipinski definition) is 4. The zero-order valence-electron chi connectivity index (χ0n) is 13.4. The lowest BCUT2D eigenvalue weighted by atomic mass is 9.96. The predicted octanol–water partition coefficient (Wildman–Crippen LogP) is 2.10. The van der Waals surface area contributed by atoms with Gasteiger partial charge in [-0.05, 0) is 36.4 Å². The van der Waals surface area contributed by atoms with Crippen molar-refractivity contribution in [2.24, 2.45) is 0 Å². The van der Waals surface area contributed by atoms with Crippen LogP contribution in [-0.4, -0.2) is 41.2 Å². The Morgan fingerprint density at radius 2 is 2.04 bits per heavy atom. The summed E-state index contributed by atoms with van der Waals surface area (Å²) in [6.45, 7) is 0.445. The van der Waals surface area contributed by atoms with Gasteiger partial charge in [0.2, 0.25) is 5.91 Å². The molecule has 0 bridgehead atoms. The van der Waals surface area contributed by atoms with Crippen molar-refractivity contribution in [1.82, 2.24) is 10.2 Å². The molecule has 1 aromatic carbocycles. The maximum atomic E-state index is 12.8. The number of benzene rings is 1. The molecule has 1 saturated heterocycles. The summed E-state index contributed by atoms with van der Waals surface area (Å²) >= 11 is 1.38. The molecule has 25 heavy (non-hydrogen) atoms. The van der Waals surface area contributed by atoms with Crippen LogP contribution in [0.2, 0.25) is 0 Å². The monoisotopic (exact) mass is 355 g/mol. The molecule has 0 aliphatic carbocycles. The molecule has 1 aromatic heterocycles. The second-order valence-corrected chi connectivity index (χ2v) is 7.17. The topological polar surface area (TPSA) is 78.5 Å². The number of piperidine rings is 1. The summed E-state index contributed by atoms with van der Waals surface area (Å²) in [7, 11) is 0. The van der Waals surface area contributed by atoms with E-state index >= 15 is 0 Å². The van der Waals surface area contributed by atoms with Gasteiger partial charge in [0.25, 0.3) is 11.8 Å². The highest BCUT2D eigenvalue weighted by molar-refractivity contribution is 7.12. The van der Waals surface area contributed by atoms with Crippen molar-refractivity contribution in [1.29, 1.82) is 0 Å². The first-order chi connectivity index (χ1) is 12.1. The van der Waals surface area contributed by atoms with Gasteiger partial charge in [-0.3, -0.25) is 14.4 Å². The molecule has 2 N–H and O–H groups in total. The second-order valence-electron chi connectivity index (χ2n) is 6.22. The van der Waals surface area contributed by atoms with Crippen LogP contribution in [0, 0.1) is 0 Å². The van der Waals surface area contributed by atoms with Crippen molar-refractivity contribution < 1.29 is 14.4 Å². The van der Waals surface area contributed by atoms with Crippen LogP contribution in [0.5, 0.6) is 0 Å². The zero-order valence-corrected chi connectivity index (χ0v) is 14.2. The van der Waals surface area contributed by atoms with Crippen LogP contribution in [0.1, 0.15) is 32.9 Å². The van der Waals surface area contributed by atoms with Gasteiger partial charge in [0.1, 0.15) is 6.04 Å². The standard InChI is InChI=1S/C18H17N3O3S/c22-16-14-10-11(19-17(23)15-6-3-9-25-15)7-8-21(14)18(24)12-4-1-2-5-13(12)20-16/h1-6,9,11,14H,7-8,10H2,(H,19,23)(H,20,22)/t11-,14-/m0/s1. The molecule has 3 heterocycles. The lowest BCUT2D eigenvalue weighted by Gasteiger charge is -2.37. The minimum absolute atomic E-state index is 0.128. The van der Waals surface area contributed by atoms with Crippen LogP contribution in [-0.2, 0) is 4.79 Å². The summed E-state index contributed by atoms with van der Waals surface area (Å²) in [5.41, 5.74) is 1.06. The molecule has 0 spiro atoms. The van der Waals surface area contributed by atoms with Crippen molar-refractivity contribution in [3.05, 3.63) is 52.2 Å². The van der Waals surface area contributed by atoms with Gasteiger partial charge in [-0.15, -0.1) is 11.3 Å². The largest absolute Gasteiger partial charge is 0.348 e. The van der Waals surface area contributed by atoms with Gasteiger partial charge in [-0.25, -0.2) is 0 Å². The maximum absolute atomic E-state index is 12.8. The van der Waals surface area contributed by atoms with E-state index in [0.717, 1.165) is 0 Å². The van der Waals surface area contributed by atoms with E-state index in [-0.39, 0.29) is 23.8 Å². The number of nitrogens with one attached hydrogen (secondary N) is 2. The van der Waals surface area contributed by atoms with Gasteiger partial charge in [-0.2, -0.15) is 0 Å². The summed E-state index contributed by atoms with van der Waals surface area (Å²) in [5.74, 6) is -0.465. The first-order valence-electron chi connectivity index (χ1n) is 8.19. The first-order valence-corrected chi connectivity index (χ1v) is 9.06. The maximum Gasteiger partial charge on any atom is 0.261 e. The molecule has 0 radical (unpaired) electrons. The Balaban J connectivity index is 1.52. The molecule has 2 aliphatic heterocycles. The fraction of sp³-hybridized carbons (Fsp3) is 0.278. The molecule has 2 aliphatic rings. The average molecular weight is 355 g/mol. The Morgan fingerprint density at radius 3 is 2.84 bits per heavy atom. The van der Waals surface area contributed by atoms with E-state index < -0.39 is 6.04 Å². The van der Waals surface area contributed by atoms with Gasteiger partial charge >= 0.3 is 0 Å². The number of anilines is 1. The van der Waals surface area contributed by atoms with Crippen LogP contribution in [0.4, 0.5) is 5.69 Å². The quantitative estimate of drug-likeness (QED) is 0.866. The van der Waals surface area contributed by atoms with Gasteiger partial charge in [0.05, 0.1) is 16.1 Å². The number of amides is 3. The fourth-order valence-corrected chi connectivity index (χ4v) is 4.03. The molecule has 4 rings (SSSR count). The molecule has 7 heteroatoms. The smallest absolute Gasteiger partial charge is 0.261 e. The lowest BCUT2D eigenvalue weighted by molar-refractivity contribution is -0.121. The molecule has 128 valence electrons. The Morgan fingerprint density at radius 1 is 1.20 bits per heavy atom. The predicted molar refractivity (Wildman–Crippen MR) is 94.7 cm³/mol. The van der Waals surface area contributed by atoms with Crippen LogP contribution >= 0.6 is 11.3 Å². The number of nitrogens with zero attached hydrogens (tertiary/aromatic N) is 1. The number of hydrogen-bond donors (Lipinski definition) is 2. The van der Waals surface area contributed by atoms with Gasteiger partial charge in [-0.1, -0.05) is 18.2 Å². The van der Waals surface area contributed by atoms with Crippen LogP contribution in [0.25, 0.3) is 0 Å². The van der Waals surface area contributed by atoms with E-state index in [1.54, 1.807) is 35.2 Å². The number of rotatable bonds is 2. The third-order valence-electron chi connectivity index (χ3n) is 4.66. The van der Waals surface area contributed by atoms with Crippen molar-refractivity contribution in [3.8, 4) is 0 Å². The SMILES string of the molecule is O=C(N[C@H]1CCN2C(=O)c3ccccc3NC(=O)[C@@H]2C1)c1cccs1. The average Bonchev–Trinajstić information content (AvgIpc) is 3.13. The molecule has 1 fully saturated rings. The minimum Gasteiger partial charge on any atom is -0.348 e. The second kappa shape index (κ2) is 6.33. The number of thiophene rings is 1. The molecular weight excluding hydrogens is 338 g/mol. The summed E-state index contributed by atoms with van der Waals surface area (Å²) in [6, 6.07) is 9.95. The van der Waals surface area contributed by atoms with E-state index in [4.69, 9.17) is 0 Å². The minimum atomic E-state index is -0.567. The van der Waals surface area contributed by atoms with Gasteiger partial charge in [0, 0.05) is 12.6 Å². The van der Waals surface area contributed by atoms with Crippen LogP contribution in [0.3, 0.4) is 0 Å². The Bertz CT molecular complexity index is 834. The molecule has 0 saturated carbocycles. The van der Waals surface area contributed by atoms with Gasteiger partial charge < -0.3 is 15.5 Å². The Hall–Kier alpha value is -2.67. The van der Waals surface area contributed by atoms with Crippen molar-refractivity contribution in [2.45, 2.75) is 24.9 Å². The zero-order chi connectivity index (χ0) is 17.4. The van der Waals surface area contributed by atoms with Crippen LogP contribution < -0.4 is 10.6 Å². The Labute approximate surface area is 148 Å². The number of fused-ring (bicyclic) bond motifs is 2. The van der Waals surface area contributed by atoms with Gasteiger partial charge in [0.15, 0.2) is 0 Å². The van der Waals surface area contributed by atoms with E-state index in [1.807, 2.05) is 11.4 Å². The van der Waals surface area contributed by atoms with Crippen molar-refractivity contribution in [3.63, 3.8) is 0 Å². The van der Waals surface area contributed by atoms with E-state index in [0.29, 0.717) is 35.5 Å². The van der Waals surface area contributed by atoms with E-state index in [1.165, 1.54) is 11.3 Å². The number of carbonyl (C=O) groups excluding carboxylic acids is 3. The highest BCUT2D eigenvalue weighted by Gasteiger charge is 2.40. The highest BCUT2D eigenvalue weighted by Crippen LogP contribution is 2.28. The molecule has 2 aromatic rings. The summed E-state index contributed by atoms with van der Waals surface area (Å²) < 4.78 is 0. The molecule has 3 amide bonds. The fourth-order valence-electron chi connectivity index (χ4n) is 3.40. The first kappa shape index (κ1) is 15.8. The summed E-state index contributed by atoms with van der Waals surface area (Å²) in [6.07, 6.45) is 1.05. The third-order valence-corrected chi connectivity index (χ3v) is 5.53. The summed E-state index contributed by atoms with van der Waals surface area (Å²) in [4.78, 5) is 39.9. The molecule has 0 unspecified atom stereocenters. The highest BCUT2D eigenvalue weighted by atomic mass is 32.1. The number of para-hydroxylation sites is 1. The van der Waals surface area contributed by atoms with E-state index in [2.05, 4.69) is 10.6 Å². The third kappa shape index (κ3) is 2.91. The van der Waals surface area contributed by atoms with Crippen molar-refractivity contribution >= 4 is 34.7 Å². The molecular formula is C18H17N3O3S. The molecule has 2 atom stereocenters. The van der Waals surface area contributed by atoms with Crippen molar-refractivity contribution in [2.75, 3.05) is 11.9 Å². The van der Waals surface area contributed by atoms with E-state index in [9.17, 15) is 14.4 Å². The molecule has 6 nitrogen and oxygen atoms in total.